The summed E-state index contributed by atoms with van der Waals surface area (Å²) in [7, 11) is 1.68. The van der Waals surface area contributed by atoms with Crippen LogP contribution >= 0.6 is 0 Å². The Morgan fingerprint density at radius 2 is 1.94 bits per heavy atom. The van der Waals surface area contributed by atoms with E-state index < -0.39 is 0 Å². The fourth-order valence-corrected chi connectivity index (χ4v) is 4.18. The Morgan fingerprint density at radius 1 is 1.14 bits per heavy atom. The maximum Gasteiger partial charge on any atom is 0.228 e. The van der Waals surface area contributed by atoms with Crippen molar-refractivity contribution >= 4 is 23.0 Å². The van der Waals surface area contributed by atoms with Crippen LogP contribution in [-0.2, 0) is 9.53 Å². The van der Waals surface area contributed by atoms with E-state index in [9.17, 15) is 4.79 Å². The van der Waals surface area contributed by atoms with Crippen molar-refractivity contribution in [3.05, 3.63) is 30.6 Å². The largest absolute Gasteiger partial charge is 0.494 e. The van der Waals surface area contributed by atoms with E-state index in [0.717, 1.165) is 66.9 Å². The molecule has 0 bridgehead atoms. The Balaban J connectivity index is 1.49. The van der Waals surface area contributed by atoms with Crippen molar-refractivity contribution in [2.45, 2.75) is 52.0 Å². The van der Waals surface area contributed by atoms with Crippen LogP contribution in [0.4, 0.5) is 5.95 Å². The molecule has 35 heavy (non-hydrogen) atoms. The maximum atomic E-state index is 11.3. The number of nitrogens with zero attached hydrogens (tertiary/aromatic N) is 5. The van der Waals surface area contributed by atoms with E-state index in [0.29, 0.717) is 32.2 Å². The number of carbonyl (C=O) groups excluding carboxylic acids is 1. The maximum absolute atomic E-state index is 11.3. The summed E-state index contributed by atoms with van der Waals surface area (Å²) in [4.78, 5) is 28.0. The van der Waals surface area contributed by atoms with E-state index >= 15 is 0 Å². The van der Waals surface area contributed by atoms with Gasteiger partial charge in [0.1, 0.15) is 17.0 Å². The molecule has 0 unspecified atom stereocenters. The third-order valence-corrected chi connectivity index (χ3v) is 6.21. The molecule has 4 rings (SSSR count). The highest BCUT2D eigenvalue weighted by Gasteiger charge is 2.21. The predicted octanol–water partition coefficient (Wildman–Crippen LogP) is 3.99. The van der Waals surface area contributed by atoms with Gasteiger partial charge < -0.3 is 24.3 Å². The highest BCUT2D eigenvalue weighted by molar-refractivity contribution is 5.88. The first kappa shape index (κ1) is 24.9. The number of hydrogen-bond donors (Lipinski definition) is 1. The molecule has 1 saturated heterocycles. The fraction of sp³-hybridized carbons (Fsp3) is 0.538. The van der Waals surface area contributed by atoms with Crippen molar-refractivity contribution in [2.24, 2.45) is 0 Å². The van der Waals surface area contributed by atoms with Gasteiger partial charge in [-0.05, 0) is 38.8 Å². The second kappa shape index (κ2) is 12.0. The number of rotatable bonds is 11. The van der Waals surface area contributed by atoms with Crippen molar-refractivity contribution < 1.29 is 14.3 Å². The molecule has 0 saturated carbocycles. The van der Waals surface area contributed by atoms with Crippen LogP contribution in [0.2, 0.25) is 0 Å². The van der Waals surface area contributed by atoms with Crippen LogP contribution < -0.4 is 15.0 Å². The van der Waals surface area contributed by atoms with Gasteiger partial charge in [-0.15, -0.1) is 0 Å². The average molecular weight is 481 g/mol. The number of carbonyl (C=O) groups is 1. The number of unbranched alkanes of at least 4 members (excludes halogenated alkanes) is 3. The van der Waals surface area contributed by atoms with Crippen molar-refractivity contribution in [1.29, 1.82) is 0 Å². The molecular weight excluding hydrogens is 444 g/mol. The molecule has 0 radical (unpaired) electrons. The Hall–Kier alpha value is -3.20. The van der Waals surface area contributed by atoms with Gasteiger partial charge in [-0.3, -0.25) is 4.79 Å². The Morgan fingerprint density at radius 3 is 2.71 bits per heavy atom. The number of fused-ring (bicyclic) bond motifs is 1. The molecule has 1 amide bonds. The molecule has 3 heterocycles. The van der Waals surface area contributed by atoms with E-state index in [4.69, 9.17) is 19.4 Å². The number of imidazole rings is 1. The van der Waals surface area contributed by atoms with E-state index in [1.807, 2.05) is 30.6 Å². The van der Waals surface area contributed by atoms with Crippen molar-refractivity contribution in [1.82, 2.24) is 24.8 Å². The molecule has 1 aliphatic rings. The van der Waals surface area contributed by atoms with Gasteiger partial charge >= 0.3 is 0 Å². The molecule has 3 aromatic rings. The Kier molecular flexibility index (Phi) is 8.52. The van der Waals surface area contributed by atoms with Gasteiger partial charge in [0.25, 0.3) is 0 Å². The topological polar surface area (TPSA) is 94.4 Å². The van der Waals surface area contributed by atoms with Gasteiger partial charge in [0, 0.05) is 38.2 Å². The molecule has 188 valence electrons. The monoisotopic (exact) mass is 480 g/mol. The van der Waals surface area contributed by atoms with Crippen LogP contribution in [-0.4, -0.2) is 65.4 Å². The Bertz CT molecular complexity index is 1120. The van der Waals surface area contributed by atoms with Gasteiger partial charge in [-0.2, -0.15) is 4.98 Å². The quantitative estimate of drug-likeness (QED) is 0.415. The van der Waals surface area contributed by atoms with Crippen LogP contribution in [0.15, 0.2) is 30.6 Å². The lowest BCUT2D eigenvalue weighted by molar-refractivity contribution is -0.120. The minimum atomic E-state index is 0.104. The number of anilines is 1. The summed E-state index contributed by atoms with van der Waals surface area (Å²) in [6, 6.07) is 8.29. The van der Waals surface area contributed by atoms with Crippen LogP contribution in [0.25, 0.3) is 22.4 Å². The summed E-state index contributed by atoms with van der Waals surface area (Å²) in [5.41, 5.74) is 3.41. The summed E-state index contributed by atoms with van der Waals surface area (Å²) in [6.45, 7) is 7.79. The minimum Gasteiger partial charge on any atom is -0.494 e. The summed E-state index contributed by atoms with van der Waals surface area (Å²) in [6.07, 6.45) is 6.37. The van der Waals surface area contributed by atoms with Crippen LogP contribution in [0, 0.1) is 0 Å². The molecule has 9 nitrogen and oxygen atoms in total. The zero-order valence-corrected chi connectivity index (χ0v) is 21.0. The lowest BCUT2D eigenvalue weighted by Gasteiger charge is -2.27. The summed E-state index contributed by atoms with van der Waals surface area (Å²) < 4.78 is 13.7. The van der Waals surface area contributed by atoms with Gasteiger partial charge in [-0.25, -0.2) is 9.97 Å². The molecule has 1 fully saturated rings. The standard InChI is InChI=1S/C26H36N6O3/c1-19(2)32-18-28-24-23(29-26(30-25(24)32)31-12-15-34-16-13-31)20-9-8-10-21(17-20)35-14-7-5-4-6-11-22(33)27-3/h8-10,17-19H,4-7,11-16H2,1-3H3,(H,27,33). The fourth-order valence-electron chi connectivity index (χ4n) is 4.18. The molecule has 0 spiro atoms. The SMILES string of the molecule is CNC(=O)CCCCCCOc1cccc(-c2nc(N3CCOCC3)nc3c2ncn3C(C)C)c1. The zero-order valence-electron chi connectivity index (χ0n) is 21.0. The number of morpholine rings is 1. The number of benzene rings is 1. The first-order valence-corrected chi connectivity index (χ1v) is 12.6. The lowest BCUT2D eigenvalue weighted by atomic mass is 10.1. The molecular formula is C26H36N6O3. The van der Waals surface area contributed by atoms with Crippen molar-refractivity contribution in [3.8, 4) is 17.0 Å². The smallest absolute Gasteiger partial charge is 0.228 e. The third-order valence-electron chi connectivity index (χ3n) is 6.21. The second-order valence-electron chi connectivity index (χ2n) is 9.10. The number of aromatic nitrogens is 4. The van der Waals surface area contributed by atoms with Gasteiger partial charge in [0.05, 0.1) is 26.1 Å². The van der Waals surface area contributed by atoms with Gasteiger partial charge in [-0.1, -0.05) is 25.0 Å². The van der Waals surface area contributed by atoms with Crippen LogP contribution in [0.3, 0.4) is 0 Å². The summed E-state index contributed by atoms with van der Waals surface area (Å²) in [5, 5.41) is 2.66. The zero-order chi connectivity index (χ0) is 24.6. The van der Waals surface area contributed by atoms with E-state index in [-0.39, 0.29) is 11.9 Å². The number of ether oxygens (including phenoxy) is 2. The summed E-state index contributed by atoms with van der Waals surface area (Å²) in [5.74, 6) is 1.63. The molecule has 0 aliphatic carbocycles. The second-order valence-corrected chi connectivity index (χ2v) is 9.10. The van der Waals surface area contributed by atoms with Crippen LogP contribution in [0.1, 0.15) is 52.0 Å². The van der Waals surface area contributed by atoms with E-state index in [1.54, 1.807) is 7.05 Å². The van der Waals surface area contributed by atoms with Crippen molar-refractivity contribution in [3.63, 3.8) is 0 Å². The highest BCUT2D eigenvalue weighted by Crippen LogP contribution is 2.31. The first-order chi connectivity index (χ1) is 17.1. The van der Waals surface area contributed by atoms with Crippen LogP contribution in [0.5, 0.6) is 5.75 Å². The molecule has 1 aliphatic heterocycles. The molecule has 2 aromatic heterocycles. The van der Waals surface area contributed by atoms with Crippen molar-refractivity contribution in [2.75, 3.05) is 44.9 Å². The molecule has 1 N–H and O–H groups in total. The Labute approximate surface area is 206 Å². The number of amides is 1. The third kappa shape index (κ3) is 6.28. The van der Waals surface area contributed by atoms with Gasteiger partial charge in [0.15, 0.2) is 5.65 Å². The number of nitrogens with one attached hydrogen (secondary N) is 1. The lowest BCUT2D eigenvalue weighted by Crippen LogP contribution is -2.37. The highest BCUT2D eigenvalue weighted by atomic mass is 16.5. The van der Waals surface area contributed by atoms with Gasteiger partial charge in [0.2, 0.25) is 11.9 Å². The average Bonchev–Trinajstić information content (AvgIpc) is 3.32. The number of hydrogen-bond acceptors (Lipinski definition) is 7. The van der Waals surface area contributed by atoms with E-state index in [1.165, 1.54) is 0 Å². The minimum absolute atomic E-state index is 0.104. The molecule has 9 heteroatoms. The predicted molar refractivity (Wildman–Crippen MR) is 137 cm³/mol. The molecule has 1 aromatic carbocycles. The van der Waals surface area contributed by atoms with E-state index in [2.05, 4.69) is 33.6 Å². The molecule has 0 atom stereocenters. The summed E-state index contributed by atoms with van der Waals surface area (Å²) >= 11 is 0. The normalized spacial score (nSPS) is 14.0. The first-order valence-electron chi connectivity index (χ1n) is 12.6.